The minimum Gasteiger partial charge on any atom is -0.351 e. The van der Waals surface area contributed by atoms with Crippen molar-refractivity contribution < 1.29 is 13.8 Å². The predicted octanol–water partition coefficient (Wildman–Crippen LogP) is 2.66. The van der Waals surface area contributed by atoms with E-state index in [2.05, 4.69) is 26.3 Å². The number of hydrogen-bond donors (Lipinski definition) is 3. The van der Waals surface area contributed by atoms with Crippen molar-refractivity contribution in [3.63, 3.8) is 0 Å². The first-order valence-electron chi connectivity index (χ1n) is 13.2. The van der Waals surface area contributed by atoms with E-state index in [1.54, 1.807) is 6.07 Å². The van der Waals surface area contributed by atoms with Crippen molar-refractivity contribution in [2.45, 2.75) is 38.6 Å². The number of aryl methyl sites for hydroxylation is 1. The molecule has 9 nitrogen and oxygen atoms in total. The summed E-state index contributed by atoms with van der Waals surface area (Å²) >= 11 is -1.23. The third-order valence-electron chi connectivity index (χ3n) is 7.54. The molecule has 0 aromatic heterocycles. The Bertz CT molecular complexity index is 1170. The van der Waals surface area contributed by atoms with Crippen LogP contribution in [-0.2, 0) is 17.6 Å². The van der Waals surface area contributed by atoms with Crippen LogP contribution in [0.25, 0.3) is 0 Å². The van der Waals surface area contributed by atoms with Crippen LogP contribution in [-0.4, -0.2) is 77.8 Å². The molecule has 0 radical (unpaired) electrons. The van der Waals surface area contributed by atoms with Crippen molar-refractivity contribution >= 4 is 34.5 Å². The normalized spacial score (nSPS) is 21.2. The third kappa shape index (κ3) is 5.97. The number of anilines is 2. The summed E-state index contributed by atoms with van der Waals surface area (Å²) in [4.78, 5) is 29.9. The van der Waals surface area contributed by atoms with Gasteiger partial charge in [0.05, 0.1) is 5.69 Å². The van der Waals surface area contributed by atoms with Crippen LogP contribution in [0.15, 0.2) is 42.5 Å². The first kappa shape index (κ1) is 25.7. The van der Waals surface area contributed by atoms with E-state index in [0.717, 1.165) is 81.9 Å². The van der Waals surface area contributed by atoms with Crippen molar-refractivity contribution in [2.24, 2.45) is 0 Å². The van der Waals surface area contributed by atoms with Crippen LogP contribution in [0, 0.1) is 6.92 Å². The molecule has 1 atom stereocenters. The molecular formula is C27H36N6O3S. The third-order valence-corrected chi connectivity index (χ3v) is 8.78. The number of nitrogens with one attached hydrogen (secondary N) is 3. The van der Waals surface area contributed by atoms with E-state index < -0.39 is 11.2 Å². The van der Waals surface area contributed by atoms with Gasteiger partial charge in [-0.1, -0.05) is 18.2 Å². The van der Waals surface area contributed by atoms with Gasteiger partial charge >= 0.3 is 6.03 Å². The van der Waals surface area contributed by atoms with Crippen LogP contribution in [0.2, 0.25) is 0 Å². The fourth-order valence-electron chi connectivity index (χ4n) is 5.45. The van der Waals surface area contributed by atoms with Crippen molar-refractivity contribution in [3.05, 3.63) is 59.2 Å². The number of rotatable bonds is 6. The number of piperidine rings is 1. The molecule has 0 bridgehead atoms. The molecule has 0 spiro atoms. The smallest absolute Gasteiger partial charge is 0.322 e. The van der Waals surface area contributed by atoms with Gasteiger partial charge in [0.25, 0.3) is 5.91 Å². The fourth-order valence-corrected chi connectivity index (χ4v) is 6.60. The Morgan fingerprint density at radius 1 is 1.11 bits per heavy atom. The van der Waals surface area contributed by atoms with Crippen LogP contribution in [0.3, 0.4) is 0 Å². The van der Waals surface area contributed by atoms with Gasteiger partial charge in [-0.2, -0.15) is 0 Å². The Kier molecular flexibility index (Phi) is 8.07. The average Bonchev–Trinajstić information content (AvgIpc) is 3.07. The zero-order valence-corrected chi connectivity index (χ0v) is 22.2. The highest BCUT2D eigenvalue weighted by atomic mass is 32.2. The second kappa shape index (κ2) is 11.6. The van der Waals surface area contributed by atoms with Crippen molar-refractivity contribution in [2.75, 3.05) is 55.4 Å². The van der Waals surface area contributed by atoms with Crippen LogP contribution < -0.4 is 19.7 Å². The Labute approximate surface area is 221 Å². The maximum Gasteiger partial charge on any atom is 0.322 e. The summed E-state index contributed by atoms with van der Waals surface area (Å²) in [7, 11) is 0. The van der Waals surface area contributed by atoms with Crippen LogP contribution in [0.5, 0.6) is 0 Å². The second-order valence-electron chi connectivity index (χ2n) is 9.96. The van der Waals surface area contributed by atoms with Gasteiger partial charge in [-0.05, 0) is 68.0 Å². The molecule has 37 heavy (non-hydrogen) atoms. The topological polar surface area (TPSA) is 97.0 Å². The summed E-state index contributed by atoms with van der Waals surface area (Å²) in [5.74, 6) is -0.0942. The lowest BCUT2D eigenvalue weighted by Gasteiger charge is -2.38. The van der Waals surface area contributed by atoms with E-state index in [1.807, 2.05) is 46.5 Å². The molecule has 2 aromatic carbocycles. The van der Waals surface area contributed by atoms with E-state index >= 15 is 0 Å². The molecule has 2 aromatic rings. The molecule has 3 aliphatic rings. The van der Waals surface area contributed by atoms with Crippen molar-refractivity contribution in [1.82, 2.24) is 19.8 Å². The predicted molar refractivity (Wildman–Crippen MR) is 147 cm³/mol. The average molecular weight is 525 g/mol. The lowest BCUT2D eigenvalue weighted by Crippen LogP contribution is -2.49. The maximum absolute atomic E-state index is 12.8. The first-order chi connectivity index (χ1) is 18.0. The summed E-state index contributed by atoms with van der Waals surface area (Å²) in [6.07, 6.45) is 3.68. The highest BCUT2D eigenvalue weighted by Crippen LogP contribution is 2.25. The number of likely N-dealkylation sites (tertiary alicyclic amines) is 1. The SMILES string of the molecule is Cc1cc(C(=O)NCCN2CCC(N3CCc4ccccc4NC3=O)CC2)ccc1N1CCCNS1=O. The van der Waals surface area contributed by atoms with E-state index in [9.17, 15) is 13.8 Å². The summed E-state index contributed by atoms with van der Waals surface area (Å²) < 4.78 is 17.1. The monoisotopic (exact) mass is 524 g/mol. The minimum absolute atomic E-state index is 0.000217. The number of carbonyl (C=O) groups is 2. The van der Waals surface area contributed by atoms with Crippen LogP contribution >= 0.6 is 0 Å². The van der Waals surface area contributed by atoms with Gasteiger partial charge in [-0.15, -0.1) is 0 Å². The van der Waals surface area contributed by atoms with Crippen molar-refractivity contribution in [3.8, 4) is 0 Å². The molecule has 3 aliphatic heterocycles. The molecule has 5 rings (SSSR count). The van der Waals surface area contributed by atoms with Gasteiger partial charge < -0.3 is 20.4 Å². The summed E-state index contributed by atoms with van der Waals surface area (Å²) in [6, 6.07) is 13.8. The maximum atomic E-state index is 12.8. The molecule has 3 heterocycles. The van der Waals surface area contributed by atoms with Gasteiger partial charge in [0.1, 0.15) is 0 Å². The lowest BCUT2D eigenvalue weighted by atomic mass is 10.0. The molecule has 3 amide bonds. The van der Waals surface area contributed by atoms with Crippen LogP contribution in [0.4, 0.5) is 16.2 Å². The number of benzene rings is 2. The quantitative estimate of drug-likeness (QED) is 0.541. The molecule has 1 unspecified atom stereocenters. The van der Waals surface area contributed by atoms with Gasteiger partial charge in [0.2, 0.25) is 0 Å². The molecule has 0 saturated carbocycles. The van der Waals surface area contributed by atoms with Crippen molar-refractivity contribution in [1.29, 1.82) is 0 Å². The summed E-state index contributed by atoms with van der Waals surface area (Å²) in [6.45, 7) is 7.35. The van der Waals surface area contributed by atoms with Gasteiger partial charge in [-0.3, -0.25) is 9.10 Å². The molecule has 2 saturated heterocycles. The standard InChI is InChI=1S/C27H36N6O3S/c1-20-19-22(7-8-25(20)33-14-4-12-29-37(33)36)26(34)28-13-18-31-15-10-23(11-16-31)32-17-9-21-5-2-3-6-24(21)30-27(32)35/h2-3,5-8,19,23,29H,4,9-18H2,1H3,(H,28,34)(H,30,35). The summed E-state index contributed by atoms with van der Waals surface area (Å²) in [5, 5.41) is 6.12. The lowest BCUT2D eigenvalue weighted by molar-refractivity contribution is 0.0937. The largest absolute Gasteiger partial charge is 0.351 e. The second-order valence-corrected chi connectivity index (χ2v) is 11.2. The fraction of sp³-hybridized carbons (Fsp3) is 0.481. The van der Waals surface area contributed by atoms with Crippen LogP contribution in [0.1, 0.15) is 40.7 Å². The van der Waals surface area contributed by atoms with Gasteiger partial charge in [0.15, 0.2) is 11.2 Å². The molecular weight excluding hydrogens is 488 g/mol. The number of hydrogen-bond acceptors (Lipinski definition) is 4. The number of carbonyl (C=O) groups excluding carboxylic acids is 2. The number of para-hydroxylation sites is 1. The van der Waals surface area contributed by atoms with Gasteiger partial charge in [0, 0.05) is 63.1 Å². The minimum atomic E-state index is -1.23. The Balaban J connectivity index is 1.07. The molecule has 198 valence electrons. The number of urea groups is 1. The Morgan fingerprint density at radius 3 is 2.70 bits per heavy atom. The van der Waals surface area contributed by atoms with E-state index in [4.69, 9.17) is 0 Å². The summed E-state index contributed by atoms with van der Waals surface area (Å²) in [5.41, 5.74) is 4.56. The Morgan fingerprint density at radius 2 is 1.92 bits per heavy atom. The number of amides is 3. The Hall–Kier alpha value is -2.95. The highest BCUT2D eigenvalue weighted by Gasteiger charge is 2.30. The first-order valence-corrected chi connectivity index (χ1v) is 14.3. The molecule has 3 N–H and O–H groups in total. The molecule has 0 aliphatic carbocycles. The highest BCUT2D eigenvalue weighted by molar-refractivity contribution is 7.84. The molecule has 2 fully saturated rings. The number of fused-ring (bicyclic) bond motifs is 1. The van der Waals surface area contributed by atoms with E-state index in [1.165, 1.54) is 5.56 Å². The number of nitrogens with zero attached hydrogens (tertiary/aromatic N) is 3. The zero-order chi connectivity index (χ0) is 25.8. The van der Waals surface area contributed by atoms with E-state index in [0.29, 0.717) is 12.1 Å². The molecule has 10 heteroatoms. The van der Waals surface area contributed by atoms with E-state index in [-0.39, 0.29) is 18.0 Å². The van der Waals surface area contributed by atoms with Gasteiger partial charge in [-0.25, -0.2) is 13.7 Å². The zero-order valence-electron chi connectivity index (χ0n) is 21.4.